The zero-order chi connectivity index (χ0) is 18.0. The molecule has 0 radical (unpaired) electrons. The Kier molecular flexibility index (Phi) is 7.25. The molecule has 1 atom stereocenters. The fourth-order valence-corrected chi connectivity index (χ4v) is 3.46. The molecule has 2 fully saturated rings. The average Bonchev–Trinajstić information content (AvgIpc) is 2.71. The van der Waals surface area contributed by atoms with Gasteiger partial charge in [0.25, 0.3) is 0 Å². The van der Waals surface area contributed by atoms with Gasteiger partial charge in [0.15, 0.2) is 0 Å². The van der Waals surface area contributed by atoms with Crippen molar-refractivity contribution in [3.05, 3.63) is 54.5 Å². The number of hydrogen-bond acceptors (Lipinski definition) is 4. The molecule has 0 amide bonds. The zero-order valence-electron chi connectivity index (χ0n) is 15.3. The monoisotopic (exact) mass is 356 g/mol. The van der Waals surface area contributed by atoms with E-state index < -0.39 is 0 Å². The molecule has 0 bridgehead atoms. The van der Waals surface area contributed by atoms with Crippen LogP contribution in [0.4, 0.5) is 15.9 Å². The van der Waals surface area contributed by atoms with Crippen LogP contribution in [0, 0.1) is 5.82 Å². The van der Waals surface area contributed by atoms with Crippen LogP contribution in [0.1, 0.15) is 32.1 Å². The lowest BCUT2D eigenvalue weighted by molar-refractivity contribution is 0.520. The van der Waals surface area contributed by atoms with Gasteiger partial charge in [-0.1, -0.05) is 18.6 Å². The number of nitrogens with zero attached hydrogens (tertiary/aromatic N) is 2. The first-order valence-corrected chi connectivity index (χ1v) is 9.70. The number of piperidine rings is 2. The molecular formula is C21H29FN4. The summed E-state index contributed by atoms with van der Waals surface area (Å²) in [5.74, 6) is 0.723. The average molecular weight is 356 g/mol. The van der Waals surface area contributed by atoms with Crippen molar-refractivity contribution < 1.29 is 4.39 Å². The summed E-state index contributed by atoms with van der Waals surface area (Å²) in [6, 6.07) is 13.0. The maximum atomic E-state index is 13.3. The van der Waals surface area contributed by atoms with Gasteiger partial charge in [0, 0.05) is 31.0 Å². The van der Waals surface area contributed by atoms with Gasteiger partial charge in [0.2, 0.25) is 0 Å². The number of rotatable bonds is 3. The van der Waals surface area contributed by atoms with Crippen LogP contribution in [0.2, 0.25) is 0 Å². The summed E-state index contributed by atoms with van der Waals surface area (Å²) in [7, 11) is 0. The molecule has 4 rings (SSSR count). The molecule has 1 aromatic carbocycles. The topological polar surface area (TPSA) is 40.2 Å². The number of pyridine rings is 1. The molecule has 26 heavy (non-hydrogen) atoms. The van der Waals surface area contributed by atoms with Crippen molar-refractivity contribution in [1.82, 2.24) is 10.3 Å². The van der Waals surface area contributed by atoms with Gasteiger partial charge < -0.3 is 15.5 Å². The van der Waals surface area contributed by atoms with E-state index >= 15 is 0 Å². The Bertz CT molecular complexity index is 634. The molecule has 0 spiro atoms. The van der Waals surface area contributed by atoms with E-state index in [0.29, 0.717) is 6.04 Å². The maximum absolute atomic E-state index is 13.3. The smallest absolute Gasteiger partial charge is 0.126 e. The van der Waals surface area contributed by atoms with E-state index in [-0.39, 0.29) is 5.82 Å². The summed E-state index contributed by atoms with van der Waals surface area (Å²) in [6.07, 6.45) is 8.21. The Labute approximate surface area is 155 Å². The van der Waals surface area contributed by atoms with Crippen molar-refractivity contribution in [1.29, 1.82) is 0 Å². The molecule has 1 aromatic heterocycles. The third-order valence-electron chi connectivity index (χ3n) is 4.82. The van der Waals surface area contributed by atoms with Crippen molar-refractivity contribution in [3.8, 4) is 0 Å². The summed E-state index contributed by atoms with van der Waals surface area (Å²) < 4.78 is 13.3. The molecule has 3 heterocycles. The normalized spacial score (nSPS) is 20.0. The molecule has 2 N–H and O–H groups in total. The number of aromatic nitrogens is 1. The van der Waals surface area contributed by atoms with Gasteiger partial charge in [-0.05, 0) is 69.1 Å². The second-order valence-electron chi connectivity index (χ2n) is 6.94. The highest BCUT2D eigenvalue weighted by molar-refractivity contribution is 5.48. The second kappa shape index (κ2) is 10.1. The lowest BCUT2D eigenvalue weighted by Gasteiger charge is -2.35. The van der Waals surface area contributed by atoms with Crippen molar-refractivity contribution in [2.75, 3.05) is 36.4 Å². The van der Waals surface area contributed by atoms with Gasteiger partial charge in [-0.15, -0.1) is 0 Å². The number of nitrogens with one attached hydrogen (secondary N) is 2. The Morgan fingerprint density at radius 3 is 2.58 bits per heavy atom. The predicted molar refractivity (Wildman–Crippen MR) is 106 cm³/mol. The van der Waals surface area contributed by atoms with Crippen LogP contribution < -0.4 is 15.5 Å². The van der Waals surface area contributed by atoms with Crippen molar-refractivity contribution >= 4 is 11.5 Å². The molecular weight excluding hydrogens is 327 g/mol. The summed E-state index contributed by atoms with van der Waals surface area (Å²) in [5, 5.41) is 6.73. The standard InChI is InChI=1S/C16H18FN3.C5H11N/c17-13-5-3-7-15(11-13)20-10-4-6-14(12-20)19-16-8-1-2-9-18-16;1-2-4-6-5-3-1/h1-3,5,7-9,11,14H,4,6,10,12H2,(H,18,19);6H,1-5H2. The minimum Gasteiger partial charge on any atom is -0.369 e. The Morgan fingerprint density at radius 2 is 1.92 bits per heavy atom. The van der Waals surface area contributed by atoms with Crippen molar-refractivity contribution in [2.45, 2.75) is 38.1 Å². The SMILES string of the molecule is C1CCNCC1.Fc1cccc(N2CCCC(Nc3ccccn3)C2)c1. The van der Waals surface area contributed by atoms with Gasteiger partial charge in [0.05, 0.1) is 0 Å². The van der Waals surface area contributed by atoms with E-state index in [4.69, 9.17) is 0 Å². The molecule has 140 valence electrons. The molecule has 0 aliphatic carbocycles. The highest BCUT2D eigenvalue weighted by atomic mass is 19.1. The number of hydrogen-bond donors (Lipinski definition) is 2. The van der Waals surface area contributed by atoms with Gasteiger partial charge >= 0.3 is 0 Å². The van der Waals surface area contributed by atoms with Crippen LogP contribution in [0.5, 0.6) is 0 Å². The Balaban J connectivity index is 0.000000278. The molecule has 2 aliphatic heterocycles. The molecule has 1 unspecified atom stereocenters. The lowest BCUT2D eigenvalue weighted by Crippen LogP contribution is -2.42. The zero-order valence-corrected chi connectivity index (χ0v) is 15.3. The van der Waals surface area contributed by atoms with Gasteiger partial charge in [-0.25, -0.2) is 9.37 Å². The van der Waals surface area contributed by atoms with Gasteiger partial charge in [-0.3, -0.25) is 0 Å². The fourth-order valence-electron chi connectivity index (χ4n) is 3.46. The molecule has 0 saturated carbocycles. The first-order valence-electron chi connectivity index (χ1n) is 9.70. The van der Waals surface area contributed by atoms with E-state index in [2.05, 4.69) is 20.5 Å². The Hall–Kier alpha value is -2.14. The number of benzene rings is 1. The van der Waals surface area contributed by atoms with Crippen LogP contribution in [0.15, 0.2) is 48.7 Å². The molecule has 4 nitrogen and oxygen atoms in total. The van der Waals surface area contributed by atoms with E-state index in [0.717, 1.165) is 37.4 Å². The molecule has 2 aromatic rings. The summed E-state index contributed by atoms with van der Waals surface area (Å²) >= 11 is 0. The molecule has 5 heteroatoms. The van der Waals surface area contributed by atoms with Crippen LogP contribution in [-0.4, -0.2) is 37.2 Å². The van der Waals surface area contributed by atoms with Crippen molar-refractivity contribution in [3.63, 3.8) is 0 Å². The first kappa shape index (κ1) is 18.6. The Morgan fingerprint density at radius 1 is 1.04 bits per heavy atom. The van der Waals surface area contributed by atoms with Crippen LogP contribution in [0.25, 0.3) is 0 Å². The van der Waals surface area contributed by atoms with Crippen molar-refractivity contribution in [2.24, 2.45) is 0 Å². The first-order chi connectivity index (χ1) is 12.8. The van der Waals surface area contributed by atoms with E-state index in [9.17, 15) is 4.39 Å². The summed E-state index contributed by atoms with van der Waals surface area (Å²) in [4.78, 5) is 6.52. The van der Waals surface area contributed by atoms with E-state index in [1.54, 1.807) is 18.3 Å². The summed E-state index contributed by atoms with van der Waals surface area (Å²) in [5.41, 5.74) is 0.956. The van der Waals surface area contributed by atoms with Gasteiger partial charge in [-0.2, -0.15) is 0 Å². The molecule has 2 aliphatic rings. The van der Waals surface area contributed by atoms with E-state index in [1.165, 1.54) is 38.4 Å². The lowest BCUT2D eigenvalue weighted by atomic mass is 10.0. The fraction of sp³-hybridized carbons (Fsp3) is 0.476. The number of anilines is 2. The second-order valence-corrected chi connectivity index (χ2v) is 6.94. The third kappa shape index (κ3) is 5.99. The molecule has 2 saturated heterocycles. The number of halogens is 1. The minimum atomic E-state index is -0.178. The maximum Gasteiger partial charge on any atom is 0.126 e. The van der Waals surface area contributed by atoms with Crippen LogP contribution in [0.3, 0.4) is 0 Å². The van der Waals surface area contributed by atoms with Crippen LogP contribution >= 0.6 is 0 Å². The highest BCUT2D eigenvalue weighted by Gasteiger charge is 2.20. The third-order valence-corrected chi connectivity index (χ3v) is 4.82. The van der Waals surface area contributed by atoms with Crippen LogP contribution in [-0.2, 0) is 0 Å². The quantitative estimate of drug-likeness (QED) is 0.870. The highest BCUT2D eigenvalue weighted by Crippen LogP contribution is 2.22. The van der Waals surface area contributed by atoms with Gasteiger partial charge in [0.1, 0.15) is 11.6 Å². The largest absolute Gasteiger partial charge is 0.369 e. The minimum absolute atomic E-state index is 0.178. The summed E-state index contributed by atoms with van der Waals surface area (Å²) in [6.45, 7) is 4.35. The predicted octanol–water partition coefficient (Wildman–Crippen LogP) is 4.06. The van der Waals surface area contributed by atoms with E-state index in [1.807, 2.05) is 24.3 Å².